The average Bonchev–Trinajstić information content (AvgIpc) is 2.52. The van der Waals surface area contributed by atoms with Gasteiger partial charge in [0.1, 0.15) is 6.04 Å². The molecule has 1 N–H and O–H groups in total. The molecule has 1 atom stereocenters. The standard InChI is InChI=1S/C11H16N2O2/c1-3-10(14)9-8-12-6-5-7-13(9)11(15)4-2/h3-4,9,12H,1-2,5-8H2. The Hall–Kier alpha value is -1.42. The van der Waals surface area contributed by atoms with Crippen molar-refractivity contribution in [3.63, 3.8) is 0 Å². The molecule has 1 heterocycles. The number of ketones is 1. The van der Waals surface area contributed by atoms with Crippen molar-refractivity contribution in [1.82, 2.24) is 10.2 Å². The number of hydrogen-bond acceptors (Lipinski definition) is 3. The van der Waals surface area contributed by atoms with Gasteiger partial charge in [-0.25, -0.2) is 0 Å². The minimum atomic E-state index is -0.435. The fourth-order valence-corrected chi connectivity index (χ4v) is 1.65. The molecule has 1 aliphatic rings. The van der Waals surface area contributed by atoms with Crippen molar-refractivity contribution >= 4 is 11.7 Å². The maximum Gasteiger partial charge on any atom is 0.246 e. The number of carbonyl (C=O) groups is 2. The SMILES string of the molecule is C=CC(=O)C1CNCCCN1C(=O)C=C. The van der Waals surface area contributed by atoms with Gasteiger partial charge in [-0.1, -0.05) is 13.2 Å². The maximum absolute atomic E-state index is 11.6. The summed E-state index contributed by atoms with van der Waals surface area (Å²) in [6.07, 6.45) is 3.36. The molecule has 82 valence electrons. The van der Waals surface area contributed by atoms with Gasteiger partial charge < -0.3 is 10.2 Å². The number of rotatable bonds is 3. The minimum absolute atomic E-state index is 0.125. The van der Waals surface area contributed by atoms with Crippen LogP contribution in [0.1, 0.15) is 6.42 Å². The first-order valence-corrected chi connectivity index (χ1v) is 5.00. The third-order valence-electron chi connectivity index (χ3n) is 2.45. The van der Waals surface area contributed by atoms with Crippen LogP contribution in [0.15, 0.2) is 25.3 Å². The van der Waals surface area contributed by atoms with Gasteiger partial charge in [0.25, 0.3) is 0 Å². The lowest BCUT2D eigenvalue weighted by molar-refractivity contribution is -0.133. The van der Waals surface area contributed by atoms with E-state index in [4.69, 9.17) is 0 Å². The molecular formula is C11H16N2O2. The molecule has 1 rings (SSSR count). The van der Waals surface area contributed by atoms with Gasteiger partial charge in [-0.2, -0.15) is 0 Å². The first kappa shape index (κ1) is 11.7. The van der Waals surface area contributed by atoms with Crippen LogP contribution in [0.25, 0.3) is 0 Å². The summed E-state index contributed by atoms with van der Waals surface area (Å²) in [5.41, 5.74) is 0. The molecule has 1 fully saturated rings. The van der Waals surface area contributed by atoms with Crippen molar-refractivity contribution in [2.75, 3.05) is 19.6 Å². The first-order valence-electron chi connectivity index (χ1n) is 5.00. The highest BCUT2D eigenvalue weighted by Crippen LogP contribution is 2.07. The van der Waals surface area contributed by atoms with Crippen LogP contribution in [0, 0.1) is 0 Å². The van der Waals surface area contributed by atoms with E-state index in [9.17, 15) is 9.59 Å². The van der Waals surface area contributed by atoms with Crippen LogP contribution in [0.2, 0.25) is 0 Å². The van der Waals surface area contributed by atoms with Crippen LogP contribution < -0.4 is 5.32 Å². The summed E-state index contributed by atoms with van der Waals surface area (Å²) in [6.45, 7) is 8.78. The maximum atomic E-state index is 11.6. The molecule has 0 radical (unpaired) electrons. The van der Waals surface area contributed by atoms with Gasteiger partial charge in [-0.3, -0.25) is 9.59 Å². The third kappa shape index (κ3) is 2.76. The molecule has 0 aliphatic carbocycles. The average molecular weight is 208 g/mol. The van der Waals surface area contributed by atoms with Crippen molar-refractivity contribution in [3.8, 4) is 0 Å². The van der Waals surface area contributed by atoms with Gasteiger partial charge in [0.15, 0.2) is 5.78 Å². The van der Waals surface area contributed by atoms with Crippen LogP contribution in [-0.2, 0) is 9.59 Å². The fraction of sp³-hybridized carbons (Fsp3) is 0.455. The van der Waals surface area contributed by atoms with E-state index in [0.717, 1.165) is 13.0 Å². The zero-order valence-corrected chi connectivity index (χ0v) is 8.74. The molecule has 4 nitrogen and oxygen atoms in total. The van der Waals surface area contributed by atoms with Gasteiger partial charge in [0.2, 0.25) is 5.91 Å². The van der Waals surface area contributed by atoms with Gasteiger partial charge in [-0.05, 0) is 25.1 Å². The van der Waals surface area contributed by atoms with Crippen molar-refractivity contribution in [2.45, 2.75) is 12.5 Å². The quantitative estimate of drug-likeness (QED) is 0.670. The largest absolute Gasteiger partial charge is 0.327 e. The van der Waals surface area contributed by atoms with E-state index in [0.29, 0.717) is 13.1 Å². The topological polar surface area (TPSA) is 49.4 Å². The van der Waals surface area contributed by atoms with E-state index in [1.165, 1.54) is 12.2 Å². The van der Waals surface area contributed by atoms with Crippen molar-refractivity contribution < 1.29 is 9.59 Å². The third-order valence-corrected chi connectivity index (χ3v) is 2.45. The highest BCUT2D eigenvalue weighted by Gasteiger charge is 2.27. The highest BCUT2D eigenvalue weighted by molar-refractivity contribution is 5.98. The van der Waals surface area contributed by atoms with E-state index in [1.54, 1.807) is 4.90 Å². The van der Waals surface area contributed by atoms with Crippen LogP contribution in [-0.4, -0.2) is 42.3 Å². The van der Waals surface area contributed by atoms with Crippen molar-refractivity contribution in [1.29, 1.82) is 0 Å². The van der Waals surface area contributed by atoms with Crippen LogP contribution in [0.5, 0.6) is 0 Å². The second-order valence-corrected chi connectivity index (χ2v) is 3.42. The molecule has 0 aromatic rings. The van der Waals surface area contributed by atoms with Crippen molar-refractivity contribution in [2.24, 2.45) is 0 Å². The molecule has 0 spiro atoms. The second kappa shape index (κ2) is 5.46. The lowest BCUT2D eigenvalue weighted by Crippen LogP contribution is -2.47. The second-order valence-electron chi connectivity index (χ2n) is 3.42. The molecule has 0 bridgehead atoms. The summed E-state index contributed by atoms with van der Waals surface area (Å²) >= 11 is 0. The molecule has 1 amide bonds. The Morgan fingerprint density at radius 2 is 2.07 bits per heavy atom. The van der Waals surface area contributed by atoms with Crippen LogP contribution in [0.4, 0.5) is 0 Å². The summed E-state index contributed by atoms with van der Waals surface area (Å²) in [7, 11) is 0. The molecule has 0 aromatic heterocycles. The summed E-state index contributed by atoms with van der Waals surface area (Å²) in [6, 6.07) is -0.435. The summed E-state index contributed by atoms with van der Waals surface area (Å²) in [5, 5.41) is 3.12. The summed E-state index contributed by atoms with van der Waals surface area (Å²) in [5.74, 6) is -0.321. The normalized spacial score (nSPS) is 21.6. The Labute approximate surface area is 89.6 Å². The van der Waals surface area contributed by atoms with Crippen LogP contribution in [0.3, 0.4) is 0 Å². The van der Waals surface area contributed by atoms with E-state index in [2.05, 4.69) is 18.5 Å². The monoisotopic (exact) mass is 208 g/mol. The molecule has 1 aliphatic heterocycles. The smallest absolute Gasteiger partial charge is 0.246 e. The lowest BCUT2D eigenvalue weighted by Gasteiger charge is -2.26. The number of carbonyl (C=O) groups excluding carboxylic acids is 2. The number of nitrogens with one attached hydrogen (secondary N) is 1. The molecule has 1 unspecified atom stereocenters. The zero-order valence-electron chi connectivity index (χ0n) is 8.74. The van der Waals surface area contributed by atoms with E-state index < -0.39 is 6.04 Å². The molecule has 4 heteroatoms. The van der Waals surface area contributed by atoms with Gasteiger partial charge in [-0.15, -0.1) is 0 Å². The van der Waals surface area contributed by atoms with Gasteiger partial charge in [0, 0.05) is 13.1 Å². The Morgan fingerprint density at radius 3 is 2.67 bits per heavy atom. The zero-order chi connectivity index (χ0) is 11.3. The van der Waals surface area contributed by atoms with Gasteiger partial charge >= 0.3 is 0 Å². The number of nitrogens with zero attached hydrogens (tertiary/aromatic N) is 1. The minimum Gasteiger partial charge on any atom is -0.327 e. The van der Waals surface area contributed by atoms with Crippen molar-refractivity contribution in [3.05, 3.63) is 25.3 Å². The summed E-state index contributed by atoms with van der Waals surface area (Å²) in [4.78, 5) is 24.7. The van der Waals surface area contributed by atoms with E-state index >= 15 is 0 Å². The Morgan fingerprint density at radius 1 is 1.33 bits per heavy atom. The van der Waals surface area contributed by atoms with Gasteiger partial charge in [0.05, 0.1) is 0 Å². The predicted octanol–water partition coefficient (Wildman–Crippen LogP) is 0.118. The number of hydrogen-bond donors (Lipinski definition) is 1. The Kier molecular flexibility index (Phi) is 4.24. The molecular weight excluding hydrogens is 192 g/mol. The summed E-state index contributed by atoms with van der Waals surface area (Å²) < 4.78 is 0. The van der Waals surface area contributed by atoms with E-state index in [1.807, 2.05) is 0 Å². The highest BCUT2D eigenvalue weighted by atomic mass is 16.2. The molecule has 15 heavy (non-hydrogen) atoms. The molecule has 0 saturated carbocycles. The Bertz CT molecular complexity index is 258. The first-order chi connectivity index (χ1) is 7.20. The van der Waals surface area contributed by atoms with E-state index in [-0.39, 0.29) is 11.7 Å². The Balaban J connectivity index is 2.84. The van der Waals surface area contributed by atoms with Crippen LogP contribution >= 0.6 is 0 Å². The number of amides is 1. The molecule has 0 aromatic carbocycles. The predicted molar refractivity (Wildman–Crippen MR) is 58.4 cm³/mol. The molecule has 1 saturated heterocycles. The fourth-order valence-electron chi connectivity index (χ4n) is 1.65. The lowest BCUT2D eigenvalue weighted by atomic mass is 10.1.